The highest BCUT2D eigenvalue weighted by Crippen LogP contribution is 2.53. The van der Waals surface area contributed by atoms with E-state index in [1.54, 1.807) is 0 Å². The van der Waals surface area contributed by atoms with E-state index in [0.717, 1.165) is 101 Å². The largest absolute Gasteiger partial charge is 0.368 e. The van der Waals surface area contributed by atoms with E-state index < -0.39 is 0 Å². The average molecular weight is 1420 g/mol. The predicted molar refractivity (Wildman–Crippen MR) is 411 cm³/mol. The van der Waals surface area contributed by atoms with Gasteiger partial charge in [0, 0.05) is 143 Å². The van der Waals surface area contributed by atoms with Crippen molar-refractivity contribution in [3.8, 4) is 0 Å². The van der Waals surface area contributed by atoms with Crippen LogP contribution in [0.5, 0.6) is 0 Å². The summed E-state index contributed by atoms with van der Waals surface area (Å²) in [5.41, 5.74) is 5.20. The molecule has 8 amide bonds. The van der Waals surface area contributed by atoms with Crippen molar-refractivity contribution in [1.29, 1.82) is 0 Å². The first-order valence-corrected chi connectivity index (χ1v) is 37.7. The molecule has 16 heteroatoms. The number of fused-ring (bicyclic) bond motifs is 4. The summed E-state index contributed by atoms with van der Waals surface area (Å²) < 4.78 is 0.734. The molecule has 2 fully saturated rings. The van der Waals surface area contributed by atoms with Gasteiger partial charge in [-0.3, -0.25) is 58.0 Å². The van der Waals surface area contributed by atoms with E-state index in [9.17, 15) is 38.4 Å². The fraction of sp³-hybridized carbons (Fsp3) is 0.435. The zero-order valence-corrected chi connectivity index (χ0v) is 62.8. The topological polar surface area (TPSA) is 177 Å². The maximum absolute atomic E-state index is 14.6. The molecule has 0 bridgehead atoms. The first-order chi connectivity index (χ1) is 48.1. The van der Waals surface area contributed by atoms with Crippen LogP contribution in [0.4, 0.5) is 5.69 Å². The Labute approximate surface area is 599 Å². The molecule has 15 nitrogen and oxygen atoms in total. The van der Waals surface area contributed by atoms with E-state index in [4.69, 9.17) is 0 Å². The number of carbonyl (C=O) groups excluding carboxylic acids is 8. The number of amides is 8. The van der Waals surface area contributed by atoms with Gasteiger partial charge >= 0.3 is 0 Å². The monoisotopic (exact) mass is 1420 g/mol. The normalized spacial score (nSPS) is 16.9. The van der Waals surface area contributed by atoms with Crippen LogP contribution in [-0.4, -0.2) is 130 Å². The second kappa shape index (κ2) is 26.1. The lowest BCUT2D eigenvalue weighted by atomic mass is 9.80. The number of hydrogen-bond donors (Lipinski definition) is 2. The summed E-state index contributed by atoms with van der Waals surface area (Å²) in [5.74, 6) is -1.28. The minimum atomic E-state index is -0.276. The van der Waals surface area contributed by atoms with Crippen LogP contribution < -0.4 is 15.5 Å². The van der Waals surface area contributed by atoms with Crippen LogP contribution in [-0.2, 0) is 0 Å². The van der Waals surface area contributed by atoms with Crippen molar-refractivity contribution >= 4 is 155 Å². The average Bonchev–Trinajstić information content (AvgIpc) is 0.689. The van der Waals surface area contributed by atoms with Crippen molar-refractivity contribution in [3.63, 3.8) is 0 Å². The molecule has 101 heavy (non-hydrogen) atoms. The number of nitrogens with one attached hydrogen (secondary N) is 2. The first-order valence-electron chi connectivity index (χ1n) is 36.9. The van der Waals surface area contributed by atoms with Gasteiger partial charge in [0.15, 0.2) is 0 Å². The van der Waals surface area contributed by atoms with Crippen molar-refractivity contribution in [3.05, 3.63) is 134 Å². The van der Waals surface area contributed by atoms with Crippen molar-refractivity contribution < 1.29 is 38.4 Å². The Bertz CT molecular complexity index is 5080. The highest BCUT2D eigenvalue weighted by Gasteiger charge is 2.47. The standard InChI is InChI=1S/C42H46N4O4.C38H37BrN2O4.C5H11N/c1-20(2)37(21(3)4)45-39(47)27-12-9-24-25-10-13-29-34-30(42(50)46(41(29)49)38(22(5)6)23(7)8)19-31(44-17-15-43-16-18-44)35(36(25)34)26-11-14-28(40(45)48)33(27)32(24)26;1-16(2)33(17(3)4)40-35(42)23-12-9-20-21-10-13-25-30-26(38(45)41(37(25)44)34(18(5)6)19(7)8)15-27(39)31(32(21)30)22-11-14-24(36(40)43)29(23)28(20)22;1-2-4-6-5-3-1/h9-14,19-23,37-38,43H,15-18H2,1-8H3;9-19,33-34H,1-8H3;6H,1-5H2. The number of piperidine rings is 1. The van der Waals surface area contributed by atoms with Gasteiger partial charge in [-0.05, 0) is 165 Å². The number of anilines is 1. The molecular formula is C85H94BrN7O8. The number of piperazine rings is 1. The van der Waals surface area contributed by atoms with Crippen molar-refractivity contribution in [1.82, 2.24) is 30.2 Å². The third-order valence-corrected chi connectivity index (χ3v) is 23.5. The van der Waals surface area contributed by atoms with E-state index in [0.29, 0.717) is 66.1 Å². The summed E-state index contributed by atoms with van der Waals surface area (Å²) in [5, 5.41) is 20.1. The molecule has 0 radical (unpaired) electrons. The van der Waals surface area contributed by atoms with Crippen molar-refractivity contribution in [2.75, 3.05) is 44.2 Å². The van der Waals surface area contributed by atoms with Gasteiger partial charge in [-0.2, -0.15) is 0 Å². The number of hydrogen-bond acceptors (Lipinski definition) is 11. The second-order valence-corrected chi connectivity index (χ2v) is 32.8. The smallest absolute Gasteiger partial charge is 0.261 e. The molecule has 0 unspecified atom stereocenters. The van der Waals surface area contributed by atoms with Crippen LogP contribution in [0.1, 0.15) is 213 Å². The quantitative estimate of drug-likeness (QED) is 0.0638. The summed E-state index contributed by atoms with van der Waals surface area (Å²) in [6, 6.07) is 26.0. The van der Waals surface area contributed by atoms with Crippen LogP contribution in [0.25, 0.3) is 86.2 Å². The third kappa shape index (κ3) is 10.6. The maximum Gasteiger partial charge on any atom is 0.261 e. The molecule has 2 N–H and O–H groups in total. The minimum Gasteiger partial charge on any atom is -0.368 e. The number of halogens is 1. The molecule has 0 atom stereocenters. The molecule has 0 spiro atoms. The van der Waals surface area contributed by atoms with Crippen LogP contribution in [0.3, 0.4) is 0 Å². The molecular weight excluding hydrogens is 1330 g/mol. The zero-order valence-electron chi connectivity index (χ0n) is 61.3. The molecule has 16 rings (SSSR count). The Morgan fingerprint density at radius 2 is 0.535 bits per heavy atom. The van der Waals surface area contributed by atoms with Gasteiger partial charge < -0.3 is 15.5 Å². The molecule has 2 saturated heterocycles. The summed E-state index contributed by atoms with van der Waals surface area (Å²) in [6.07, 6.45) is 4.22. The Balaban J connectivity index is 0.000000159. The lowest BCUT2D eigenvalue weighted by molar-refractivity contribution is 0.0423. The van der Waals surface area contributed by atoms with E-state index in [2.05, 4.69) is 86.9 Å². The lowest BCUT2D eigenvalue weighted by Gasteiger charge is -2.40. The fourth-order valence-electron chi connectivity index (χ4n) is 19.2. The highest BCUT2D eigenvalue weighted by atomic mass is 79.9. The highest BCUT2D eigenvalue weighted by molar-refractivity contribution is 9.10. The first kappa shape index (κ1) is 69.6. The fourth-order valence-corrected chi connectivity index (χ4v) is 19.9. The number of rotatable bonds is 13. The van der Waals surface area contributed by atoms with Gasteiger partial charge in [0.2, 0.25) is 0 Å². The molecule has 0 aromatic heterocycles. The number of imide groups is 4. The van der Waals surface area contributed by atoms with Crippen LogP contribution in [0, 0.1) is 47.3 Å². The lowest BCUT2D eigenvalue weighted by Crippen LogP contribution is -2.51. The second-order valence-electron chi connectivity index (χ2n) is 31.9. The Hall–Kier alpha value is -8.44. The van der Waals surface area contributed by atoms with E-state index in [-0.39, 0.29) is 119 Å². The minimum absolute atomic E-state index is 0.0918. The van der Waals surface area contributed by atoms with Gasteiger partial charge in [0.1, 0.15) is 0 Å². The molecule has 524 valence electrons. The van der Waals surface area contributed by atoms with Crippen molar-refractivity contribution in [2.45, 2.75) is 154 Å². The van der Waals surface area contributed by atoms with Crippen LogP contribution >= 0.6 is 15.9 Å². The summed E-state index contributed by atoms with van der Waals surface area (Å²) in [4.78, 5) is 123. The number of benzene rings is 10. The molecule has 0 saturated carbocycles. The Kier molecular flexibility index (Phi) is 18.0. The van der Waals surface area contributed by atoms with Gasteiger partial charge in [0.05, 0.1) is 5.56 Å². The number of carbonyl (C=O) groups is 8. The summed E-state index contributed by atoms with van der Waals surface area (Å²) in [7, 11) is 0. The molecule has 6 aliphatic heterocycles. The van der Waals surface area contributed by atoms with Gasteiger partial charge in [-0.1, -0.05) is 170 Å². The summed E-state index contributed by atoms with van der Waals surface area (Å²) >= 11 is 3.81. The molecule has 6 heterocycles. The Morgan fingerprint density at radius 3 is 0.832 bits per heavy atom. The molecule has 10 aromatic rings. The van der Waals surface area contributed by atoms with Gasteiger partial charge in [-0.15, -0.1) is 0 Å². The zero-order chi connectivity index (χ0) is 72.1. The summed E-state index contributed by atoms with van der Waals surface area (Å²) in [6.45, 7) is 38.6. The van der Waals surface area contributed by atoms with E-state index in [1.165, 1.54) is 52.0 Å². The van der Waals surface area contributed by atoms with Crippen LogP contribution in [0.15, 0.2) is 89.4 Å². The SMILES string of the molecule is C1CCNCC1.CC(C)C(C(C)C)N1C(=O)c2ccc3c4ccc5c6c(cc(Br)c(c7ccc(c2c37)C1=O)c64)C(=O)N(C(C(C)C)C(C)C)C5=O.CC(C)C(C(C)C)N1C(=O)c2ccc3c4ccc5c6c(cc(N7CCNCC7)c(c7ccc(c2c37)C1=O)c64)C(=O)N(C(C(C)C)C(C)C)C5=O. The van der Waals surface area contributed by atoms with Crippen molar-refractivity contribution in [2.24, 2.45) is 47.3 Å². The predicted octanol–water partition coefficient (Wildman–Crippen LogP) is 17.5. The molecule has 6 aliphatic rings. The third-order valence-electron chi connectivity index (χ3n) is 22.9. The number of nitrogens with zero attached hydrogens (tertiary/aromatic N) is 5. The van der Waals surface area contributed by atoms with Crippen LogP contribution in [0.2, 0.25) is 0 Å². The maximum atomic E-state index is 14.6. The van der Waals surface area contributed by atoms with Gasteiger partial charge in [-0.25, -0.2) is 0 Å². The van der Waals surface area contributed by atoms with Gasteiger partial charge in [0.25, 0.3) is 47.3 Å². The van der Waals surface area contributed by atoms with E-state index in [1.807, 2.05) is 140 Å². The Morgan fingerprint density at radius 1 is 0.277 bits per heavy atom. The molecule has 10 aromatic carbocycles. The molecule has 0 aliphatic carbocycles. The van der Waals surface area contributed by atoms with E-state index >= 15 is 0 Å².